The lowest BCUT2D eigenvalue weighted by Crippen LogP contribution is -2.36. The highest BCUT2D eigenvalue weighted by Crippen LogP contribution is 2.23. The number of nitrogens with one attached hydrogen (secondary N) is 1. The molecule has 2 amide bonds. The SMILES string of the molecule is CN(CC(=O)Nc1ccccc1Cl)C(=O)CSc1nc2ccccc2o1. The molecule has 0 atom stereocenters. The summed E-state index contributed by atoms with van der Waals surface area (Å²) in [6.07, 6.45) is 0. The number of anilines is 1. The summed E-state index contributed by atoms with van der Waals surface area (Å²) in [5, 5.41) is 3.56. The molecular formula is C18H16ClN3O3S. The lowest BCUT2D eigenvalue weighted by molar-refractivity contribution is -0.131. The molecular weight excluding hydrogens is 374 g/mol. The summed E-state index contributed by atoms with van der Waals surface area (Å²) in [4.78, 5) is 29.9. The van der Waals surface area contributed by atoms with Gasteiger partial charge in [0.25, 0.3) is 5.22 Å². The van der Waals surface area contributed by atoms with Crippen molar-refractivity contribution >= 4 is 52.0 Å². The molecule has 134 valence electrons. The first-order valence-corrected chi connectivity index (χ1v) is 9.16. The molecule has 0 aliphatic heterocycles. The van der Waals surface area contributed by atoms with Gasteiger partial charge in [0.05, 0.1) is 23.0 Å². The zero-order valence-corrected chi connectivity index (χ0v) is 15.5. The van der Waals surface area contributed by atoms with Crippen LogP contribution in [0.3, 0.4) is 0 Å². The van der Waals surface area contributed by atoms with Gasteiger partial charge in [0.1, 0.15) is 5.52 Å². The van der Waals surface area contributed by atoms with Gasteiger partial charge in [0, 0.05) is 7.05 Å². The number of rotatable bonds is 6. The van der Waals surface area contributed by atoms with Crippen molar-refractivity contribution < 1.29 is 14.0 Å². The van der Waals surface area contributed by atoms with Crippen LogP contribution in [-0.4, -0.2) is 41.0 Å². The summed E-state index contributed by atoms with van der Waals surface area (Å²) >= 11 is 7.20. The van der Waals surface area contributed by atoms with Crippen molar-refractivity contribution in [3.05, 3.63) is 53.6 Å². The molecule has 0 radical (unpaired) electrons. The maximum atomic E-state index is 12.2. The quantitative estimate of drug-likeness (QED) is 0.651. The first-order valence-electron chi connectivity index (χ1n) is 7.79. The van der Waals surface area contributed by atoms with Gasteiger partial charge in [-0.3, -0.25) is 9.59 Å². The second kappa shape index (κ2) is 8.25. The van der Waals surface area contributed by atoms with Crippen LogP contribution >= 0.6 is 23.4 Å². The molecule has 0 spiro atoms. The van der Waals surface area contributed by atoms with Crippen molar-refractivity contribution in [2.24, 2.45) is 0 Å². The molecule has 1 N–H and O–H groups in total. The molecule has 3 rings (SSSR count). The Morgan fingerprint density at radius 3 is 2.69 bits per heavy atom. The van der Waals surface area contributed by atoms with Crippen LogP contribution in [0, 0.1) is 0 Å². The van der Waals surface area contributed by atoms with Gasteiger partial charge in [0.15, 0.2) is 5.58 Å². The number of fused-ring (bicyclic) bond motifs is 1. The fourth-order valence-corrected chi connectivity index (χ4v) is 3.16. The fourth-order valence-electron chi connectivity index (χ4n) is 2.20. The second-order valence-electron chi connectivity index (χ2n) is 5.51. The number of thioether (sulfide) groups is 1. The monoisotopic (exact) mass is 389 g/mol. The van der Waals surface area contributed by atoms with E-state index in [0.29, 0.717) is 21.5 Å². The Hall–Kier alpha value is -2.51. The van der Waals surface area contributed by atoms with Crippen LogP contribution in [-0.2, 0) is 9.59 Å². The van der Waals surface area contributed by atoms with Crippen LogP contribution in [0.4, 0.5) is 5.69 Å². The minimum absolute atomic E-state index is 0.0713. The molecule has 0 aliphatic carbocycles. The van der Waals surface area contributed by atoms with Crippen LogP contribution < -0.4 is 5.32 Å². The maximum absolute atomic E-state index is 12.2. The number of carbonyl (C=O) groups is 2. The van der Waals surface area contributed by atoms with E-state index in [4.69, 9.17) is 16.0 Å². The minimum Gasteiger partial charge on any atom is -0.431 e. The van der Waals surface area contributed by atoms with Crippen molar-refractivity contribution in [2.75, 3.05) is 24.7 Å². The van der Waals surface area contributed by atoms with E-state index in [1.54, 1.807) is 31.3 Å². The normalized spacial score (nSPS) is 10.7. The molecule has 6 nitrogen and oxygen atoms in total. The number of likely N-dealkylation sites (N-methyl/N-ethyl adjacent to an activating group) is 1. The number of nitrogens with zero attached hydrogens (tertiary/aromatic N) is 2. The van der Waals surface area contributed by atoms with E-state index >= 15 is 0 Å². The molecule has 0 aliphatic rings. The van der Waals surface area contributed by atoms with Crippen LogP contribution in [0.1, 0.15) is 0 Å². The molecule has 0 saturated carbocycles. The smallest absolute Gasteiger partial charge is 0.257 e. The number of para-hydroxylation sites is 3. The molecule has 0 bridgehead atoms. The first kappa shape index (κ1) is 18.3. The lowest BCUT2D eigenvalue weighted by atomic mass is 10.3. The second-order valence-corrected chi connectivity index (χ2v) is 6.85. The van der Waals surface area contributed by atoms with Crippen molar-refractivity contribution in [1.29, 1.82) is 0 Å². The largest absolute Gasteiger partial charge is 0.431 e. The third-order valence-corrected chi connectivity index (χ3v) is 4.69. The van der Waals surface area contributed by atoms with E-state index in [2.05, 4.69) is 10.3 Å². The Kier molecular flexibility index (Phi) is 5.80. The summed E-state index contributed by atoms with van der Waals surface area (Å²) in [7, 11) is 1.57. The number of halogens is 1. The Labute approximate surface area is 159 Å². The van der Waals surface area contributed by atoms with Gasteiger partial charge in [-0.25, -0.2) is 4.98 Å². The molecule has 1 heterocycles. The average Bonchev–Trinajstić information content (AvgIpc) is 3.04. The fraction of sp³-hybridized carbons (Fsp3) is 0.167. The number of aromatic nitrogens is 1. The van der Waals surface area contributed by atoms with Gasteiger partial charge < -0.3 is 14.6 Å². The van der Waals surface area contributed by atoms with Crippen molar-refractivity contribution in [2.45, 2.75) is 5.22 Å². The number of hydrogen-bond acceptors (Lipinski definition) is 5. The topological polar surface area (TPSA) is 75.4 Å². The summed E-state index contributed by atoms with van der Waals surface area (Å²) < 4.78 is 5.56. The molecule has 0 saturated heterocycles. The van der Waals surface area contributed by atoms with Crippen LogP contribution in [0.15, 0.2) is 58.2 Å². The first-order chi connectivity index (χ1) is 12.5. The molecule has 26 heavy (non-hydrogen) atoms. The highest BCUT2D eigenvalue weighted by Gasteiger charge is 2.16. The maximum Gasteiger partial charge on any atom is 0.257 e. The summed E-state index contributed by atoms with van der Waals surface area (Å²) in [6, 6.07) is 14.3. The predicted molar refractivity (Wildman–Crippen MR) is 102 cm³/mol. The molecule has 8 heteroatoms. The third kappa shape index (κ3) is 4.56. The summed E-state index contributed by atoms with van der Waals surface area (Å²) in [5.41, 5.74) is 1.94. The van der Waals surface area contributed by atoms with Crippen molar-refractivity contribution in [1.82, 2.24) is 9.88 Å². The van der Waals surface area contributed by atoms with Crippen molar-refractivity contribution in [3.63, 3.8) is 0 Å². The van der Waals surface area contributed by atoms with E-state index in [-0.39, 0.29) is 24.1 Å². The van der Waals surface area contributed by atoms with Gasteiger partial charge in [-0.2, -0.15) is 0 Å². The highest BCUT2D eigenvalue weighted by atomic mass is 35.5. The zero-order chi connectivity index (χ0) is 18.5. The summed E-state index contributed by atoms with van der Waals surface area (Å²) in [6.45, 7) is -0.0713. The molecule has 3 aromatic rings. The molecule has 0 unspecified atom stereocenters. The summed E-state index contributed by atoms with van der Waals surface area (Å²) in [5.74, 6) is -0.393. The number of benzene rings is 2. The average molecular weight is 390 g/mol. The van der Waals surface area contributed by atoms with Gasteiger partial charge in [0.2, 0.25) is 11.8 Å². The Balaban J connectivity index is 1.51. The van der Waals surface area contributed by atoms with E-state index in [1.165, 1.54) is 16.7 Å². The van der Waals surface area contributed by atoms with Gasteiger partial charge >= 0.3 is 0 Å². The number of hydrogen-bond donors (Lipinski definition) is 1. The Morgan fingerprint density at radius 1 is 1.19 bits per heavy atom. The Morgan fingerprint density at radius 2 is 1.92 bits per heavy atom. The standard InChI is InChI=1S/C18H16ClN3O3S/c1-22(10-16(23)20-13-7-3-2-6-12(13)19)17(24)11-26-18-21-14-8-4-5-9-15(14)25-18/h2-9H,10-11H2,1H3,(H,20,23). The van der Waals surface area contributed by atoms with Crippen LogP contribution in [0.5, 0.6) is 0 Å². The van der Waals surface area contributed by atoms with E-state index < -0.39 is 0 Å². The van der Waals surface area contributed by atoms with Gasteiger partial charge in [-0.1, -0.05) is 47.6 Å². The van der Waals surface area contributed by atoms with E-state index in [9.17, 15) is 9.59 Å². The van der Waals surface area contributed by atoms with E-state index in [0.717, 1.165) is 5.52 Å². The zero-order valence-electron chi connectivity index (χ0n) is 13.9. The lowest BCUT2D eigenvalue weighted by Gasteiger charge is -2.16. The Bertz CT molecular complexity index is 911. The van der Waals surface area contributed by atoms with Crippen LogP contribution in [0.25, 0.3) is 11.1 Å². The molecule has 1 aromatic heterocycles. The molecule has 2 aromatic carbocycles. The van der Waals surface area contributed by atoms with Crippen molar-refractivity contribution in [3.8, 4) is 0 Å². The third-order valence-electron chi connectivity index (χ3n) is 3.55. The number of oxazole rings is 1. The number of amides is 2. The van der Waals surface area contributed by atoms with Gasteiger partial charge in [-0.15, -0.1) is 0 Å². The minimum atomic E-state index is -0.319. The molecule has 0 fully saturated rings. The van der Waals surface area contributed by atoms with E-state index in [1.807, 2.05) is 24.3 Å². The van der Waals surface area contributed by atoms with Gasteiger partial charge in [-0.05, 0) is 24.3 Å². The highest BCUT2D eigenvalue weighted by molar-refractivity contribution is 7.99. The van der Waals surface area contributed by atoms with Crippen LogP contribution in [0.2, 0.25) is 5.02 Å². The predicted octanol–water partition coefficient (Wildman–Crippen LogP) is 3.67. The number of carbonyl (C=O) groups excluding carboxylic acids is 2.